The summed E-state index contributed by atoms with van der Waals surface area (Å²) in [4.78, 5) is 24.0. The number of halogens is 2. The highest BCUT2D eigenvalue weighted by Crippen LogP contribution is 2.23. The number of benzene rings is 3. The summed E-state index contributed by atoms with van der Waals surface area (Å²) in [6.45, 7) is 0.147. The van der Waals surface area contributed by atoms with Crippen LogP contribution in [0.15, 0.2) is 71.6 Å². The van der Waals surface area contributed by atoms with Crippen LogP contribution in [0, 0.1) is 5.82 Å². The first kappa shape index (κ1) is 23.2. The first-order valence-corrected chi connectivity index (χ1v) is 11.2. The van der Waals surface area contributed by atoms with Crippen molar-refractivity contribution in [3.63, 3.8) is 0 Å². The molecule has 0 atom stereocenters. The molecule has 2 amide bonds. The third-order valence-electron chi connectivity index (χ3n) is 4.49. The van der Waals surface area contributed by atoms with E-state index in [9.17, 15) is 22.4 Å². The van der Waals surface area contributed by atoms with Crippen molar-refractivity contribution in [2.24, 2.45) is 0 Å². The Balaban J connectivity index is 1.73. The maximum atomic E-state index is 13.0. The summed E-state index contributed by atoms with van der Waals surface area (Å²) in [6.07, 6.45) is 0. The van der Waals surface area contributed by atoms with Crippen LogP contribution >= 0.6 is 11.6 Å². The minimum atomic E-state index is -4.03. The van der Waals surface area contributed by atoms with Gasteiger partial charge >= 0.3 is 0 Å². The summed E-state index contributed by atoms with van der Waals surface area (Å²) in [7, 11) is -2.50. The van der Waals surface area contributed by atoms with E-state index in [0.717, 1.165) is 23.8 Å². The van der Waals surface area contributed by atoms with Gasteiger partial charge in [0.15, 0.2) is 0 Å². The van der Waals surface area contributed by atoms with E-state index in [0.29, 0.717) is 5.56 Å². The predicted octanol–water partition coefficient (Wildman–Crippen LogP) is 3.57. The van der Waals surface area contributed by atoms with Crippen molar-refractivity contribution in [3.05, 3.63) is 94.3 Å². The van der Waals surface area contributed by atoms with E-state index in [1.807, 2.05) is 0 Å². The zero-order valence-corrected chi connectivity index (χ0v) is 18.4. The van der Waals surface area contributed by atoms with Gasteiger partial charge < -0.3 is 10.6 Å². The SMILES string of the molecule is CNC(=O)c1ccc(CNC(=O)c2cc(S(=O)(=O)Nc3ccc(F)cc3)ccc2Cl)cc1. The average Bonchev–Trinajstić information content (AvgIpc) is 2.78. The van der Waals surface area contributed by atoms with Crippen LogP contribution in [-0.4, -0.2) is 27.3 Å². The van der Waals surface area contributed by atoms with Crippen molar-refractivity contribution in [3.8, 4) is 0 Å². The first-order chi connectivity index (χ1) is 15.2. The Labute approximate surface area is 189 Å². The summed E-state index contributed by atoms with van der Waals surface area (Å²) in [5, 5.41) is 5.27. The molecular weight excluding hydrogens is 457 g/mol. The van der Waals surface area contributed by atoms with Gasteiger partial charge in [0.25, 0.3) is 21.8 Å². The highest BCUT2D eigenvalue weighted by atomic mass is 35.5. The molecule has 0 heterocycles. The van der Waals surface area contributed by atoms with Crippen LogP contribution in [0.3, 0.4) is 0 Å². The van der Waals surface area contributed by atoms with Crippen LogP contribution in [0.25, 0.3) is 0 Å². The Bertz CT molecular complexity index is 1250. The van der Waals surface area contributed by atoms with Gasteiger partial charge in [0.05, 0.1) is 15.5 Å². The smallest absolute Gasteiger partial charge is 0.261 e. The molecule has 3 N–H and O–H groups in total. The Morgan fingerprint density at radius 2 is 1.59 bits per heavy atom. The molecule has 3 aromatic carbocycles. The van der Waals surface area contributed by atoms with Gasteiger partial charge in [-0.05, 0) is 60.2 Å². The number of carbonyl (C=O) groups excluding carboxylic acids is 2. The number of hydrogen-bond donors (Lipinski definition) is 3. The Kier molecular flexibility index (Phi) is 7.12. The second-order valence-electron chi connectivity index (χ2n) is 6.71. The van der Waals surface area contributed by atoms with Gasteiger partial charge in [-0.15, -0.1) is 0 Å². The second-order valence-corrected chi connectivity index (χ2v) is 8.80. The number of carbonyl (C=O) groups is 2. The molecule has 166 valence electrons. The molecule has 7 nitrogen and oxygen atoms in total. The Morgan fingerprint density at radius 3 is 2.22 bits per heavy atom. The van der Waals surface area contributed by atoms with Crippen molar-refractivity contribution in [1.82, 2.24) is 10.6 Å². The fraction of sp³-hybridized carbons (Fsp3) is 0.0909. The molecule has 0 aromatic heterocycles. The number of amides is 2. The molecule has 0 fully saturated rings. The predicted molar refractivity (Wildman–Crippen MR) is 120 cm³/mol. The van der Waals surface area contributed by atoms with E-state index in [1.165, 1.54) is 31.3 Å². The fourth-order valence-corrected chi connectivity index (χ4v) is 4.06. The zero-order chi connectivity index (χ0) is 23.3. The van der Waals surface area contributed by atoms with Gasteiger partial charge in [0, 0.05) is 24.8 Å². The number of anilines is 1. The van der Waals surface area contributed by atoms with E-state index >= 15 is 0 Å². The van der Waals surface area contributed by atoms with Gasteiger partial charge in [0.2, 0.25) is 0 Å². The molecule has 0 aliphatic rings. The summed E-state index contributed by atoms with van der Waals surface area (Å²) in [5.74, 6) is -1.29. The van der Waals surface area contributed by atoms with Crippen LogP contribution in [0.4, 0.5) is 10.1 Å². The summed E-state index contributed by atoms with van der Waals surface area (Å²) >= 11 is 6.11. The third-order valence-corrected chi connectivity index (χ3v) is 6.19. The third kappa shape index (κ3) is 5.63. The van der Waals surface area contributed by atoms with Crippen molar-refractivity contribution < 1.29 is 22.4 Å². The van der Waals surface area contributed by atoms with E-state index in [1.54, 1.807) is 24.3 Å². The topological polar surface area (TPSA) is 104 Å². The van der Waals surface area contributed by atoms with Crippen molar-refractivity contribution >= 4 is 39.1 Å². The molecule has 3 aromatic rings. The minimum Gasteiger partial charge on any atom is -0.355 e. The number of nitrogens with one attached hydrogen (secondary N) is 3. The molecule has 10 heteroatoms. The monoisotopic (exact) mass is 475 g/mol. The van der Waals surface area contributed by atoms with Crippen LogP contribution in [0.2, 0.25) is 5.02 Å². The second kappa shape index (κ2) is 9.80. The zero-order valence-electron chi connectivity index (χ0n) is 16.9. The Hall–Kier alpha value is -3.43. The van der Waals surface area contributed by atoms with Crippen molar-refractivity contribution in [2.75, 3.05) is 11.8 Å². The molecule has 0 saturated carbocycles. The molecule has 0 aliphatic carbocycles. The maximum absolute atomic E-state index is 13.0. The molecule has 0 aliphatic heterocycles. The lowest BCUT2D eigenvalue weighted by molar-refractivity contribution is 0.0946. The standard InChI is InChI=1S/C22H19ClFN3O4S/c1-25-21(28)15-4-2-14(3-5-15)13-26-22(29)19-12-18(10-11-20(19)23)32(30,31)27-17-8-6-16(24)7-9-17/h2-12,27H,13H2,1H3,(H,25,28)(H,26,29). The highest BCUT2D eigenvalue weighted by molar-refractivity contribution is 7.92. The van der Waals surface area contributed by atoms with Crippen LogP contribution in [0.1, 0.15) is 26.3 Å². The van der Waals surface area contributed by atoms with Gasteiger partial charge in [-0.3, -0.25) is 14.3 Å². The molecular formula is C22H19ClFN3O4S. The normalized spacial score (nSPS) is 11.0. The van der Waals surface area contributed by atoms with E-state index < -0.39 is 21.7 Å². The molecule has 0 unspecified atom stereocenters. The summed E-state index contributed by atoms with van der Waals surface area (Å²) in [6, 6.07) is 15.2. The largest absolute Gasteiger partial charge is 0.355 e. The van der Waals surface area contributed by atoms with E-state index in [2.05, 4.69) is 15.4 Å². The lowest BCUT2D eigenvalue weighted by Gasteiger charge is -2.11. The molecule has 32 heavy (non-hydrogen) atoms. The highest BCUT2D eigenvalue weighted by Gasteiger charge is 2.19. The van der Waals surface area contributed by atoms with Gasteiger partial charge in [-0.1, -0.05) is 23.7 Å². The minimum absolute atomic E-state index is 0.0179. The number of hydrogen-bond acceptors (Lipinski definition) is 4. The lowest BCUT2D eigenvalue weighted by atomic mass is 10.1. The molecule has 3 rings (SSSR count). The van der Waals surface area contributed by atoms with E-state index in [4.69, 9.17) is 11.6 Å². The van der Waals surface area contributed by atoms with Crippen LogP contribution in [-0.2, 0) is 16.6 Å². The summed E-state index contributed by atoms with van der Waals surface area (Å²) < 4.78 is 40.7. The van der Waals surface area contributed by atoms with Crippen molar-refractivity contribution in [1.29, 1.82) is 0 Å². The maximum Gasteiger partial charge on any atom is 0.261 e. The molecule has 0 bridgehead atoms. The van der Waals surface area contributed by atoms with Gasteiger partial charge in [-0.2, -0.15) is 0 Å². The van der Waals surface area contributed by atoms with Crippen molar-refractivity contribution in [2.45, 2.75) is 11.4 Å². The van der Waals surface area contributed by atoms with Gasteiger partial charge in [0.1, 0.15) is 5.82 Å². The number of sulfonamides is 1. The van der Waals surface area contributed by atoms with E-state index in [-0.39, 0.29) is 33.6 Å². The molecule has 0 radical (unpaired) electrons. The van der Waals surface area contributed by atoms with Crippen LogP contribution in [0.5, 0.6) is 0 Å². The summed E-state index contributed by atoms with van der Waals surface area (Å²) in [5.41, 5.74) is 1.38. The quantitative estimate of drug-likeness (QED) is 0.486. The van der Waals surface area contributed by atoms with Gasteiger partial charge in [-0.25, -0.2) is 12.8 Å². The average molecular weight is 476 g/mol. The fourth-order valence-electron chi connectivity index (χ4n) is 2.77. The lowest BCUT2D eigenvalue weighted by Crippen LogP contribution is -2.24. The molecule has 0 spiro atoms. The Morgan fingerprint density at radius 1 is 0.938 bits per heavy atom. The van der Waals surface area contributed by atoms with Crippen LogP contribution < -0.4 is 15.4 Å². The number of rotatable bonds is 7. The molecule has 0 saturated heterocycles. The first-order valence-electron chi connectivity index (χ1n) is 9.37.